The molecule has 4 heterocycles. The number of fused-ring (bicyclic) bond motifs is 2. The number of cyclic esters (lactones) is 1. The van der Waals surface area contributed by atoms with Gasteiger partial charge in [-0.1, -0.05) is 38.1 Å². The van der Waals surface area contributed by atoms with Gasteiger partial charge in [0.05, 0.1) is 30.3 Å². The first kappa shape index (κ1) is 39.7. The van der Waals surface area contributed by atoms with Gasteiger partial charge in [-0.25, -0.2) is 4.79 Å². The number of hydrogen-bond donors (Lipinski definition) is 4. The standard InChI is InChI=1S/C42H54N4O10/c1-23-18-26-7-6-24(2)29(9-8-28-21-27(47)22-36(49)56-28)37(26)31(19-23)34-20-25(12-15-45(34)42(53)54)13-16-55-17-14-43-32-5-3-4-30-38(32)41(52)46(40(30)51)33-10-11-35(48)44-39(33)50/h3-7,18,23-25,27-29,31,33-34,37,43,47H,8-17,19-22H2,1-2H3,(H,53,54)(H,44,48,50)/t23-,24-,25?,27+,28+,29-,31+,33?,34?,37+/m0/s1. The number of hydrogen-bond acceptors (Lipinski definition) is 10. The molecule has 3 fully saturated rings. The quantitative estimate of drug-likeness (QED) is 0.133. The molecule has 56 heavy (non-hydrogen) atoms. The molecule has 3 unspecified atom stereocenters. The summed E-state index contributed by atoms with van der Waals surface area (Å²) in [5.41, 5.74) is 2.16. The molecule has 0 aromatic heterocycles. The molecule has 302 valence electrons. The van der Waals surface area contributed by atoms with Crippen LogP contribution < -0.4 is 10.6 Å². The van der Waals surface area contributed by atoms with Crippen LogP contribution >= 0.6 is 0 Å². The number of ether oxygens (including phenoxy) is 2. The number of rotatable bonds is 12. The number of benzene rings is 1. The van der Waals surface area contributed by atoms with Crippen molar-refractivity contribution in [1.29, 1.82) is 0 Å². The zero-order valence-corrected chi connectivity index (χ0v) is 32.2. The Hall–Kier alpha value is -4.56. The van der Waals surface area contributed by atoms with Crippen molar-refractivity contribution in [1.82, 2.24) is 15.1 Å². The number of nitrogens with zero attached hydrogens (tertiary/aromatic N) is 2. The maximum Gasteiger partial charge on any atom is 0.407 e. The van der Waals surface area contributed by atoms with Crippen LogP contribution in [-0.4, -0.2) is 106 Å². The van der Waals surface area contributed by atoms with E-state index in [-0.39, 0.29) is 78.1 Å². The third kappa shape index (κ3) is 8.27. The lowest BCUT2D eigenvalue weighted by Crippen LogP contribution is -2.54. The zero-order valence-electron chi connectivity index (χ0n) is 32.2. The minimum Gasteiger partial charge on any atom is -0.465 e. The van der Waals surface area contributed by atoms with E-state index < -0.39 is 41.9 Å². The normalized spacial score (nSPS) is 33.1. The van der Waals surface area contributed by atoms with Crippen molar-refractivity contribution in [3.63, 3.8) is 0 Å². The zero-order chi connectivity index (χ0) is 39.7. The van der Waals surface area contributed by atoms with Gasteiger partial charge in [0, 0.05) is 44.3 Å². The first-order chi connectivity index (χ1) is 26.9. The summed E-state index contributed by atoms with van der Waals surface area (Å²) in [7, 11) is 0. The number of carbonyl (C=O) groups is 6. The number of carbonyl (C=O) groups excluding carboxylic acids is 5. The summed E-state index contributed by atoms with van der Waals surface area (Å²) in [6, 6.07) is 3.78. The van der Waals surface area contributed by atoms with Crippen LogP contribution in [0.2, 0.25) is 0 Å². The molecule has 4 N–H and O–H groups in total. The molecule has 3 saturated heterocycles. The van der Waals surface area contributed by atoms with E-state index >= 15 is 0 Å². The van der Waals surface area contributed by atoms with E-state index in [9.17, 15) is 39.0 Å². The number of allylic oxidation sites excluding steroid dienone is 4. The summed E-state index contributed by atoms with van der Waals surface area (Å²) in [6.07, 6.45) is 10.3. The van der Waals surface area contributed by atoms with Gasteiger partial charge in [-0.3, -0.25) is 34.2 Å². The molecule has 0 radical (unpaired) electrons. The van der Waals surface area contributed by atoms with Crippen LogP contribution in [0.1, 0.15) is 98.8 Å². The summed E-state index contributed by atoms with van der Waals surface area (Å²) in [5.74, 6) is -1.11. The van der Waals surface area contributed by atoms with Crippen molar-refractivity contribution in [3.8, 4) is 0 Å². The average molecular weight is 775 g/mol. The fraction of sp³-hybridized carbons (Fsp3) is 0.619. The van der Waals surface area contributed by atoms with Gasteiger partial charge < -0.3 is 29.9 Å². The Morgan fingerprint density at radius 3 is 2.61 bits per heavy atom. The Balaban J connectivity index is 0.946. The Labute approximate surface area is 327 Å². The molecule has 1 aromatic carbocycles. The summed E-state index contributed by atoms with van der Waals surface area (Å²) < 4.78 is 11.6. The molecule has 10 atom stereocenters. The smallest absolute Gasteiger partial charge is 0.407 e. The fourth-order valence-corrected chi connectivity index (χ4v) is 10.3. The van der Waals surface area contributed by atoms with Crippen LogP contribution in [0.15, 0.2) is 42.0 Å². The maximum atomic E-state index is 13.4. The molecule has 14 nitrogen and oxygen atoms in total. The number of nitrogens with one attached hydrogen (secondary N) is 2. The lowest BCUT2D eigenvalue weighted by atomic mass is 9.59. The van der Waals surface area contributed by atoms with Gasteiger partial charge in [0.15, 0.2) is 0 Å². The SMILES string of the molecule is C[C@H]1C=C2C=C[C@H](C)[C@H](CC[C@@H]3C[C@@H](O)CC(=O)O3)[C@@H]2[C@@H](C2CC(CCOCCNc3cccc4c3C(=O)N(C3CCC(=O)NC3=O)C4=O)CCN2C(=O)O)C1. The second kappa shape index (κ2) is 16.9. The van der Waals surface area contributed by atoms with E-state index in [4.69, 9.17) is 9.47 Å². The highest BCUT2D eigenvalue weighted by Crippen LogP contribution is 2.50. The lowest BCUT2D eigenvalue weighted by Gasteiger charge is -2.51. The fourth-order valence-electron chi connectivity index (χ4n) is 10.3. The van der Waals surface area contributed by atoms with E-state index in [1.165, 1.54) is 5.57 Å². The van der Waals surface area contributed by atoms with E-state index in [1.807, 2.05) is 0 Å². The first-order valence-corrected chi connectivity index (χ1v) is 20.3. The van der Waals surface area contributed by atoms with Crippen LogP contribution in [0.3, 0.4) is 0 Å². The van der Waals surface area contributed by atoms with E-state index in [2.05, 4.69) is 42.7 Å². The van der Waals surface area contributed by atoms with Gasteiger partial charge in [0.1, 0.15) is 12.1 Å². The van der Waals surface area contributed by atoms with E-state index in [0.717, 1.165) is 37.0 Å². The number of piperidine rings is 2. The molecule has 4 aliphatic heterocycles. The predicted molar refractivity (Wildman–Crippen MR) is 203 cm³/mol. The minimum atomic E-state index is -1.03. The number of aliphatic hydroxyl groups excluding tert-OH is 1. The maximum absolute atomic E-state index is 13.4. The van der Waals surface area contributed by atoms with Crippen molar-refractivity contribution >= 4 is 41.4 Å². The number of carboxylic acid groups (broad SMARTS) is 1. The van der Waals surface area contributed by atoms with Gasteiger partial charge >= 0.3 is 12.1 Å². The third-order valence-corrected chi connectivity index (χ3v) is 12.9. The number of esters is 1. The summed E-state index contributed by atoms with van der Waals surface area (Å²) in [4.78, 5) is 78.1. The molecule has 0 bridgehead atoms. The lowest BCUT2D eigenvalue weighted by molar-refractivity contribution is -0.160. The van der Waals surface area contributed by atoms with Crippen molar-refractivity contribution < 1.29 is 48.5 Å². The molecule has 0 saturated carbocycles. The van der Waals surface area contributed by atoms with Crippen LogP contribution in [0.5, 0.6) is 0 Å². The van der Waals surface area contributed by atoms with Crippen molar-refractivity contribution in [2.75, 3.05) is 31.6 Å². The Morgan fingerprint density at radius 1 is 1.02 bits per heavy atom. The highest BCUT2D eigenvalue weighted by Gasteiger charge is 2.48. The number of imide groups is 2. The number of aliphatic hydroxyl groups is 1. The molecule has 7 rings (SSSR count). The largest absolute Gasteiger partial charge is 0.465 e. The van der Waals surface area contributed by atoms with Gasteiger partial charge in [-0.15, -0.1) is 0 Å². The molecule has 1 aromatic rings. The molecule has 2 aliphatic carbocycles. The molecule has 6 aliphatic rings. The molecule has 14 heteroatoms. The van der Waals surface area contributed by atoms with Gasteiger partial charge in [-0.2, -0.15) is 0 Å². The number of anilines is 1. The average Bonchev–Trinajstić information content (AvgIpc) is 3.41. The van der Waals surface area contributed by atoms with Crippen LogP contribution in [0.25, 0.3) is 0 Å². The van der Waals surface area contributed by atoms with Gasteiger partial charge in [-0.05, 0) is 98.2 Å². The Kier molecular flexibility index (Phi) is 12.0. The Bertz CT molecular complexity index is 1790. The van der Waals surface area contributed by atoms with Gasteiger partial charge in [0.25, 0.3) is 11.8 Å². The van der Waals surface area contributed by atoms with E-state index in [0.29, 0.717) is 50.8 Å². The highest BCUT2D eigenvalue weighted by molar-refractivity contribution is 6.25. The molecular weight excluding hydrogens is 720 g/mol. The van der Waals surface area contributed by atoms with E-state index in [1.54, 1.807) is 23.1 Å². The summed E-state index contributed by atoms with van der Waals surface area (Å²) >= 11 is 0. The molecule has 0 spiro atoms. The monoisotopic (exact) mass is 774 g/mol. The second-order valence-electron chi connectivity index (χ2n) is 16.7. The number of amides is 5. The second-order valence-corrected chi connectivity index (χ2v) is 16.7. The predicted octanol–water partition coefficient (Wildman–Crippen LogP) is 4.53. The number of likely N-dealkylation sites (tertiary alicyclic amines) is 1. The van der Waals surface area contributed by atoms with Gasteiger partial charge in [0.2, 0.25) is 11.8 Å². The minimum absolute atomic E-state index is 0.0413. The molecule has 5 amide bonds. The topological polar surface area (TPSA) is 192 Å². The third-order valence-electron chi connectivity index (χ3n) is 12.9. The molecular formula is C42H54N4O10. The van der Waals surface area contributed by atoms with Crippen molar-refractivity contribution in [2.45, 2.75) is 102 Å². The van der Waals surface area contributed by atoms with Crippen LogP contribution in [0.4, 0.5) is 10.5 Å². The van der Waals surface area contributed by atoms with Crippen molar-refractivity contribution in [2.24, 2.45) is 35.5 Å². The summed E-state index contributed by atoms with van der Waals surface area (Å²) in [5, 5.41) is 26.0. The van der Waals surface area contributed by atoms with Crippen molar-refractivity contribution in [3.05, 3.63) is 53.1 Å². The summed E-state index contributed by atoms with van der Waals surface area (Å²) in [6.45, 7) is 6.10. The van der Waals surface area contributed by atoms with Crippen LogP contribution in [0, 0.1) is 35.5 Å². The highest BCUT2D eigenvalue weighted by atomic mass is 16.5. The first-order valence-electron chi connectivity index (χ1n) is 20.3. The van der Waals surface area contributed by atoms with Crippen LogP contribution in [-0.2, 0) is 23.9 Å². The Morgan fingerprint density at radius 2 is 1.84 bits per heavy atom.